The van der Waals surface area contributed by atoms with E-state index >= 15 is 0 Å². The molecule has 1 aliphatic heterocycles. The van der Waals surface area contributed by atoms with Crippen molar-refractivity contribution >= 4 is 27.3 Å². The molecule has 0 aromatic heterocycles. The third kappa shape index (κ3) is 4.87. The van der Waals surface area contributed by atoms with Crippen LogP contribution >= 0.6 is 0 Å². The highest BCUT2D eigenvalue weighted by Gasteiger charge is 2.44. The van der Waals surface area contributed by atoms with Crippen LogP contribution in [0.4, 0.5) is 11.4 Å². The van der Waals surface area contributed by atoms with Crippen LogP contribution in [0, 0.1) is 0 Å². The summed E-state index contributed by atoms with van der Waals surface area (Å²) in [5, 5.41) is 0. The topological polar surface area (TPSA) is 69.7 Å². The highest BCUT2D eigenvalue weighted by atomic mass is 32.2. The number of nitrogens with zero attached hydrogens (tertiary/aromatic N) is 2. The first-order valence-corrected chi connectivity index (χ1v) is 12.9. The molecular weight excluding hydrogens is 410 g/mol. The van der Waals surface area contributed by atoms with Crippen molar-refractivity contribution in [3.63, 3.8) is 0 Å². The number of benzene rings is 2. The van der Waals surface area contributed by atoms with Gasteiger partial charge in [-0.2, -0.15) is 0 Å². The second-order valence-corrected chi connectivity index (χ2v) is 10.5. The van der Waals surface area contributed by atoms with Gasteiger partial charge in [0.25, 0.3) is 0 Å². The summed E-state index contributed by atoms with van der Waals surface area (Å²) in [6.45, 7) is 3.12. The predicted octanol–water partition coefficient (Wildman–Crippen LogP) is 3.61. The fourth-order valence-electron chi connectivity index (χ4n) is 4.96. The Morgan fingerprint density at radius 1 is 0.871 bits per heavy atom. The number of para-hydroxylation sites is 1. The van der Waals surface area contributed by atoms with E-state index in [1.54, 1.807) is 12.1 Å². The van der Waals surface area contributed by atoms with Crippen LogP contribution in [-0.2, 0) is 20.2 Å². The van der Waals surface area contributed by atoms with E-state index in [2.05, 4.69) is 21.8 Å². The van der Waals surface area contributed by atoms with E-state index in [4.69, 9.17) is 0 Å². The lowest BCUT2D eigenvalue weighted by molar-refractivity contribution is -0.139. The molecule has 0 bridgehead atoms. The van der Waals surface area contributed by atoms with Crippen molar-refractivity contribution in [3.8, 4) is 0 Å². The zero-order valence-electron chi connectivity index (χ0n) is 18.1. The van der Waals surface area contributed by atoms with Gasteiger partial charge < -0.3 is 9.80 Å². The minimum absolute atomic E-state index is 0.226. The second kappa shape index (κ2) is 8.91. The van der Waals surface area contributed by atoms with Crippen LogP contribution in [0.3, 0.4) is 0 Å². The first-order chi connectivity index (χ1) is 14.9. The molecule has 1 amide bonds. The lowest BCUT2D eigenvalue weighted by Crippen LogP contribution is -2.55. The van der Waals surface area contributed by atoms with E-state index in [0.29, 0.717) is 5.69 Å². The first-order valence-electron chi connectivity index (χ1n) is 11.1. The molecule has 2 aliphatic rings. The Labute approximate surface area is 185 Å². The van der Waals surface area contributed by atoms with Crippen molar-refractivity contribution in [1.29, 1.82) is 0 Å². The Bertz CT molecular complexity index is 992. The van der Waals surface area contributed by atoms with E-state index in [-0.39, 0.29) is 5.91 Å². The van der Waals surface area contributed by atoms with Gasteiger partial charge in [-0.15, -0.1) is 0 Å². The van der Waals surface area contributed by atoms with Gasteiger partial charge in [0.15, 0.2) is 0 Å². The number of hydrogen-bond acceptors (Lipinski definition) is 4. The molecule has 4 rings (SSSR count). The normalized spacial score (nSPS) is 19.1. The average Bonchev–Trinajstić information content (AvgIpc) is 2.79. The Hall–Kier alpha value is -2.54. The van der Waals surface area contributed by atoms with E-state index in [0.717, 1.165) is 70.1 Å². The number of carbonyl (C=O) groups excluding carboxylic acids is 1. The maximum Gasteiger partial charge on any atom is 0.233 e. The third-order valence-corrected chi connectivity index (χ3v) is 7.15. The van der Waals surface area contributed by atoms with Gasteiger partial charge in [-0.05, 0) is 42.7 Å². The number of carbonyl (C=O) groups is 1. The Morgan fingerprint density at radius 3 is 2.06 bits per heavy atom. The molecular formula is C24H31N3O3S. The van der Waals surface area contributed by atoms with Crippen molar-refractivity contribution < 1.29 is 13.2 Å². The molecule has 1 saturated carbocycles. The van der Waals surface area contributed by atoms with Gasteiger partial charge >= 0.3 is 0 Å². The van der Waals surface area contributed by atoms with Crippen LogP contribution < -0.4 is 9.62 Å². The van der Waals surface area contributed by atoms with Crippen LogP contribution in [0.25, 0.3) is 0 Å². The zero-order valence-corrected chi connectivity index (χ0v) is 18.9. The van der Waals surface area contributed by atoms with Gasteiger partial charge in [0, 0.05) is 37.6 Å². The first kappa shape index (κ1) is 21.7. The number of piperazine rings is 1. The van der Waals surface area contributed by atoms with Crippen molar-refractivity contribution in [2.24, 2.45) is 0 Å². The molecule has 7 heteroatoms. The molecule has 0 spiro atoms. The summed E-state index contributed by atoms with van der Waals surface area (Å²) < 4.78 is 25.5. The molecule has 1 saturated heterocycles. The molecule has 2 aromatic carbocycles. The zero-order chi connectivity index (χ0) is 21.9. The van der Waals surface area contributed by atoms with Crippen molar-refractivity contribution in [1.82, 2.24) is 4.90 Å². The van der Waals surface area contributed by atoms with Gasteiger partial charge in [-0.1, -0.05) is 49.6 Å². The SMILES string of the molecule is CS(=O)(=O)Nc1ccc(C2(C(=O)N3CCN(c4ccccc4)CC3)CCCCC2)cc1. The van der Waals surface area contributed by atoms with Crippen LogP contribution in [0.2, 0.25) is 0 Å². The number of anilines is 2. The quantitative estimate of drug-likeness (QED) is 0.770. The maximum absolute atomic E-state index is 13.8. The number of rotatable bonds is 5. The van der Waals surface area contributed by atoms with Crippen LogP contribution in [0.15, 0.2) is 54.6 Å². The van der Waals surface area contributed by atoms with Crippen molar-refractivity contribution in [3.05, 3.63) is 60.2 Å². The highest BCUT2D eigenvalue weighted by Crippen LogP contribution is 2.41. The standard InChI is InChI=1S/C24H31N3O3S/c1-31(29,30)25-21-12-10-20(11-13-21)24(14-6-3-7-15-24)23(28)27-18-16-26(17-19-27)22-8-4-2-5-9-22/h2,4-5,8-13,25H,3,6-7,14-19H2,1H3. The summed E-state index contributed by atoms with van der Waals surface area (Å²) in [4.78, 5) is 18.2. The fraction of sp³-hybridized carbons (Fsp3) is 0.458. The number of sulfonamides is 1. The summed E-state index contributed by atoms with van der Waals surface area (Å²) in [5.41, 5.74) is 2.23. The molecule has 1 aliphatic carbocycles. The van der Waals surface area contributed by atoms with Crippen LogP contribution in [0.5, 0.6) is 0 Å². The summed E-state index contributed by atoms with van der Waals surface area (Å²) >= 11 is 0. The summed E-state index contributed by atoms with van der Waals surface area (Å²) in [5.74, 6) is 0.226. The molecule has 1 heterocycles. The van der Waals surface area contributed by atoms with E-state index < -0.39 is 15.4 Å². The second-order valence-electron chi connectivity index (χ2n) is 8.71. The molecule has 166 valence electrons. The third-order valence-electron chi connectivity index (χ3n) is 6.55. The molecule has 31 heavy (non-hydrogen) atoms. The predicted molar refractivity (Wildman–Crippen MR) is 125 cm³/mol. The molecule has 0 unspecified atom stereocenters. The van der Waals surface area contributed by atoms with Crippen molar-refractivity contribution in [2.75, 3.05) is 42.1 Å². The van der Waals surface area contributed by atoms with Gasteiger partial charge in [0.1, 0.15) is 0 Å². The van der Waals surface area contributed by atoms with E-state index in [9.17, 15) is 13.2 Å². The molecule has 0 radical (unpaired) electrons. The molecule has 2 aromatic rings. The Balaban J connectivity index is 1.52. The smallest absolute Gasteiger partial charge is 0.233 e. The van der Waals surface area contributed by atoms with Crippen LogP contribution in [0.1, 0.15) is 37.7 Å². The molecule has 6 nitrogen and oxygen atoms in total. The monoisotopic (exact) mass is 441 g/mol. The van der Waals surface area contributed by atoms with Crippen molar-refractivity contribution in [2.45, 2.75) is 37.5 Å². The number of nitrogens with one attached hydrogen (secondary N) is 1. The summed E-state index contributed by atoms with van der Waals surface area (Å²) in [7, 11) is -3.32. The fourth-order valence-corrected chi connectivity index (χ4v) is 5.53. The lowest BCUT2D eigenvalue weighted by Gasteiger charge is -2.43. The average molecular weight is 442 g/mol. The van der Waals surface area contributed by atoms with Gasteiger partial charge in [0.05, 0.1) is 11.7 Å². The summed E-state index contributed by atoms with van der Waals surface area (Å²) in [6.07, 6.45) is 6.08. The van der Waals surface area contributed by atoms with Gasteiger partial charge in [-0.3, -0.25) is 9.52 Å². The lowest BCUT2D eigenvalue weighted by atomic mass is 9.68. The molecule has 2 fully saturated rings. The molecule has 1 N–H and O–H groups in total. The number of hydrogen-bond donors (Lipinski definition) is 1. The minimum Gasteiger partial charge on any atom is -0.368 e. The van der Waals surface area contributed by atoms with E-state index in [1.807, 2.05) is 35.2 Å². The Morgan fingerprint density at radius 2 is 1.48 bits per heavy atom. The largest absolute Gasteiger partial charge is 0.368 e. The Kier molecular flexibility index (Phi) is 6.23. The summed E-state index contributed by atoms with van der Waals surface area (Å²) in [6, 6.07) is 17.7. The number of amides is 1. The van der Waals surface area contributed by atoms with Gasteiger partial charge in [0.2, 0.25) is 15.9 Å². The van der Waals surface area contributed by atoms with Crippen LogP contribution in [-0.4, -0.2) is 51.7 Å². The maximum atomic E-state index is 13.8. The highest BCUT2D eigenvalue weighted by molar-refractivity contribution is 7.92. The van der Waals surface area contributed by atoms with Gasteiger partial charge in [-0.25, -0.2) is 8.42 Å². The molecule has 0 atom stereocenters. The minimum atomic E-state index is -3.32. The van der Waals surface area contributed by atoms with E-state index in [1.165, 1.54) is 5.69 Å².